The molecule has 0 spiro atoms. The van der Waals surface area contributed by atoms with E-state index in [0.717, 1.165) is 16.7 Å². The lowest BCUT2D eigenvalue weighted by atomic mass is 10.1. The zero-order chi connectivity index (χ0) is 15.7. The SMILES string of the molecule is Cc1ccccc1C1=C(C(=O)O)OC(C)(c2ccccc2)O1. The van der Waals surface area contributed by atoms with E-state index in [1.807, 2.05) is 61.5 Å². The molecule has 22 heavy (non-hydrogen) atoms. The monoisotopic (exact) mass is 296 g/mol. The third kappa shape index (κ3) is 2.33. The van der Waals surface area contributed by atoms with Crippen LogP contribution in [0.2, 0.25) is 0 Å². The molecule has 0 aliphatic carbocycles. The Labute approximate surface area is 128 Å². The van der Waals surface area contributed by atoms with E-state index in [0.29, 0.717) is 0 Å². The first-order valence-corrected chi connectivity index (χ1v) is 6.98. The molecular weight excluding hydrogens is 280 g/mol. The van der Waals surface area contributed by atoms with Crippen LogP contribution in [0.5, 0.6) is 0 Å². The maximum Gasteiger partial charge on any atom is 0.375 e. The molecule has 0 fully saturated rings. The second-order valence-electron chi connectivity index (χ2n) is 5.29. The molecule has 112 valence electrons. The number of rotatable bonds is 3. The summed E-state index contributed by atoms with van der Waals surface area (Å²) in [6, 6.07) is 16.8. The van der Waals surface area contributed by atoms with Crippen molar-refractivity contribution < 1.29 is 19.4 Å². The maximum atomic E-state index is 11.6. The van der Waals surface area contributed by atoms with Crippen molar-refractivity contribution in [2.24, 2.45) is 0 Å². The van der Waals surface area contributed by atoms with Crippen LogP contribution >= 0.6 is 0 Å². The summed E-state index contributed by atoms with van der Waals surface area (Å²) in [5.41, 5.74) is 2.41. The van der Waals surface area contributed by atoms with Crippen molar-refractivity contribution in [3.8, 4) is 0 Å². The topological polar surface area (TPSA) is 55.8 Å². The Bertz CT molecular complexity index is 749. The number of benzene rings is 2. The summed E-state index contributed by atoms with van der Waals surface area (Å²) in [5, 5.41) is 9.45. The number of carboxylic acid groups (broad SMARTS) is 1. The van der Waals surface area contributed by atoms with Gasteiger partial charge in [0.1, 0.15) is 0 Å². The van der Waals surface area contributed by atoms with E-state index in [-0.39, 0.29) is 11.5 Å². The number of aryl methyl sites for hydroxylation is 1. The fraction of sp³-hybridized carbons (Fsp3) is 0.167. The van der Waals surface area contributed by atoms with Crippen LogP contribution in [0.3, 0.4) is 0 Å². The molecule has 4 nitrogen and oxygen atoms in total. The third-order valence-electron chi connectivity index (χ3n) is 3.68. The highest BCUT2D eigenvalue weighted by molar-refractivity contribution is 5.94. The molecule has 1 N–H and O–H groups in total. The minimum Gasteiger partial charge on any atom is -0.475 e. The Balaban J connectivity index is 2.07. The highest BCUT2D eigenvalue weighted by atomic mass is 16.7. The van der Waals surface area contributed by atoms with E-state index >= 15 is 0 Å². The third-order valence-corrected chi connectivity index (χ3v) is 3.68. The largest absolute Gasteiger partial charge is 0.475 e. The summed E-state index contributed by atoms with van der Waals surface area (Å²) in [6.07, 6.45) is 0. The van der Waals surface area contributed by atoms with E-state index in [4.69, 9.17) is 9.47 Å². The number of carboxylic acids is 1. The molecule has 1 aliphatic rings. The predicted octanol–water partition coefficient (Wildman–Crippen LogP) is 3.67. The van der Waals surface area contributed by atoms with Crippen LogP contribution in [0.4, 0.5) is 0 Å². The number of hydrogen-bond donors (Lipinski definition) is 1. The molecule has 0 amide bonds. The molecule has 0 radical (unpaired) electrons. The summed E-state index contributed by atoms with van der Waals surface area (Å²) in [7, 11) is 0. The minimum absolute atomic E-state index is 0.166. The Hall–Kier alpha value is -2.75. The first kappa shape index (κ1) is 14.2. The minimum atomic E-state index is -1.15. The molecule has 2 aromatic rings. The normalized spacial score (nSPS) is 20.5. The van der Waals surface area contributed by atoms with E-state index < -0.39 is 11.8 Å². The van der Waals surface area contributed by atoms with E-state index in [9.17, 15) is 9.90 Å². The van der Waals surface area contributed by atoms with E-state index in [1.165, 1.54) is 0 Å². The van der Waals surface area contributed by atoms with Crippen LogP contribution in [0, 0.1) is 6.92 Å². The lowest BCUT2D eigenvalue weighted by Crippen LogP contribution is -2.24. The second-order valence-corrected chi connectivity index (χ2v) is 5.29. The van der Waals surface area contributed by atoms with Crippen LogP contribution in [-0.4, -0.2) is 11.1 Å². The van der Waals surface area contributed by atoms with Crippen LogP contribution in [-0.2, 0) is 20.1 Å². The van der Waals surface area contributed by atoms with Crippen LogP contribution < -0.4 is 0 Å². The van der Waals surface area contributed by atoms with Gasteiger partial charge in [-0.15, -0.1) is 0 Å². The summed E-state index contributed by atoms with van der Waals surface area (Å²) in [4.78, 5) is 11.6. The van der Waals surface area contributed by atoms with Crippen molar-refractivity contribution in [3.05, 3.63) is 77.0 Å². The van der Waals surface area contributed by atoms with Crippen molar-refractivity contribution in [1.29, 1.82) is 0 Å². The van der Waals surface area contributed by atoms with Gasteiger partial charge in [-0.05, 0) is 12.5 Å². The highest BCUT2D eigenvalue weighted by Crippen LogP contribution is 2.43. The average molecular weight is 296 g/mol. The first-order valence-electron chi connectivity index (χ1n) is 6.98. The van der Waals surface area contributed by atoms with Crippen molar-refractivity contribution in [2.45, 2.75) is 19.6 Å². The molecule has 3 rings (SSSR count). The maximum absolute atomic E-state index is 11.6. The fourth-order valence-corrected chi connectivity index (χ4v) is 2.51. The van der Waals surface area contributed by atoms with Crippen LogP contribution in [0.1, 0.15) is 23.6 Å². The molecule has 0 saturated heterocycles. The Morgan fingerprint density at radius 2 is 1.64 bits per heavy atom. The lowest BCUT2D eigenvalue weighted by Gasteiger charge is -2.24. The molecule has 4 heteroatoms. The number of ether oxygens (including phenoxy) is 2. The number of carbonyl (C=O) groups is 1. The van der Waals surface area contributed by atoms with Gasteiger partial charge in [0, 0.05) is 18.1 Å². The Kier molecular flexibility index (Phi) is 3.37. The highest BCUT2D eigenvalue weighted by Gasteiger charge is 2.43. The van der Waals surface area contributed by atoms with Gasteiger partial charge in [-0.1, -0.05) is 54.6 Å². The van der Waals surface area contributed by atoms with Gasteiger partial charge in [-0.25, -0.2) is 4.79 Å². The Morgan fingerprint density at radius 1 is 1.00 bits per heavy atom. The van der Waals surface area contributed by atoms with Gasteiger partial charge in [0.2, 0.25) is 0 Å². The molecule has 0 aromatic heterocycles. The molecule has 1 heterocycles. The Morgan fingerprint density at radius 3 is 2.27 bits per heavy atom. The number of aliphatic carboxylic acids is 1. The fourth-order valence-electron chi connectivity index (χ4n) is 2.51. The first-order chi connectivity index (χ1) is 10.5. The van der Waals surface area contributed by atoms with Gasteiger partial charge >= 0.3 is 5.97 Å². The second kappa shape index (κ2) is 5.22. The zero-order valence-electron chi connectivity index (χ0n) is 12.4. The van der Waals surface area contributed by atoms with Crippen LogP contribution in [0.15, 0.2) is 60.4 Å². The van der Waals surface area contributed by atoms with Gasteiger partial charge < -0.3 is 14.6 Å². The predicted molar refractivity (Wildman–Crippen MR) is 81.7 cm³/mol. The summed E-state index contributed by atoms with van der Waals surface area (Å²) < 4.78 is 11.6. The van der Waals surface area contributed by atoms with Crippen LogP contribution in [0.25, 0.3) is 5.76 Å². The molecular formula is C18H16O4. The van der Waals surface area contributed by atoms with Gasteiger partial charge in [0.25, 0.3) is 11.5 Å². The van der Waals surface area contributed by atoms with Crippen molar-refractivity contribution in [3.63, 3.8) is 0 Å². The number of hydrogen-bond acceptors (Lipinski definition) is 3. The lowest BCUT2D eigenvalue weighted by molar-refractivity contribution is -0.156. The zero-order valence-corrected chi connectivity index (χ0v) is 12.4. The van der Waals surface area contributed by atoms with Crippen molar-refractivity contribution in [1.82, 2.24) is 0 Å². The van der Waals surface area contributed by atoms with Gasteiger partial charge in [0.05, 0.1) is 0 Å². The summed E-state index contributed by atoms with van der Waals surface area (Å²) in [6.45, 7) is 3.62. The molecule has 2 aromatic carbocycles. The summed E-state index contributed by atoms with van der Waals surface area (Å²) >= 11 is 0. The smallest absolute Gasteiger partial charge is 0.375 e. The standard InChI is InChI=1S/C18H16O4/c1-12-8-6-7-11-14(12)15-16(17(19)20)22-18(2,21-15)13-9-4-3-5-10-13/h3-11H,1-2H3,(H,19,20). The molecule has 1 aliphatic heterocycles. The molecule has 0 bridgehead atoms. The average Bonchev–Trinajstić information content (AvgIpc) is 2.88. The van der Waals surface area contributed by atoms with E-state index in [2.05, 4.69) is 0 Å². The van der Waals surface area contributed by atoms with Gasteiger partial charge in [0.15, 0.2) is 5.76 Å². The summed E-state index contributed by atoms with van der Waals surface area (Å²) in [5.74, 6) is -2.19. The van der Waals surface area contributed by atoms with Gasteiger partial charge in [-0.2, -0.15) is 0 Å². The van der Waals surface area contributed by atoms with Gasteiger partial charge in [-0.3, -0.25) is 0 Å². The quantitative estimate of drug-likeness (QED) is 0.939. The molecule has 1 atom stereocenters. The molecule has 0 saturated carbocycles. The van der Waals surface area contributed by atoms with Crippen molar-refractivity contribution in [2.75, 3.05) is 0 Å². The van der Waals surface area contributed by atoms with E-state index in [1.54, 1.807) is 6.92 Å². The molecule has 1 unspecified atom stereocenters. The van der Waals surface area contributed by atoms with Crippen molar-refractivity contribution >= 4 is 11.7 Å².